The third-order valence-corrected chi connectivity index (χ3v) is 5.36. The second-order valence-electron chi connectivity index (χ2n) is 6.42. The summed E-state index contributed by atoms with van der Waals surface area (Å²) in [6.45, 7) is 2.86. The van der Waals surface area contributed by atoms with Gasteiger partial charge in [0.05, 0.1) is 10.6 Å². The maximum atomic E-state index is 12.9. The Labute approximate surface area is 182 Å². The molecule has 0 radical (unpaired) electrons. The van der Waals surface area contributed by atoms with Gasteiger partial charge in [-0.3, -0.25) is 14.5 Å². The van der Waals surface area contributed by atoms with Gasteiger partial charge in [-0.1, -0.05) is 36.1 Å². The molecule has 0 aromatic heterocycles. The van der Waals surface area contributed by atoms with Crippen molar-refractivity contribution in [2.24, 2.45) is 0 Å². The fraction of sp³-hybridized carbons (Fsp3) is 0.143. The van der Waals surface area contributed by atoms with Crippen molar-refractivity contribution in [2.75, 3.05) is 10.2 Å². The van der Waals surface area contributed by atoms with E-state index in [9.17, 15) is 14.4 Å². The van der Waals surface area contributed by atoms with Gasteiger partial charge < -0.3 is 15.2 Å². The van der Waals surface area contributed by atoms with Crippen LogP contribution in [0.5, 0.6) is 5.75 Å². The number of carboxylic acid groups (broad SMARTS) is 1. The molecule has 3 rings (SSSR count). The van der Waals surface area contributed by atoms with Crippen molar-refractivity contribution < 1.29 is 24.2 Å². The Balaban J connectivity index is 1.80. The maximum Gasteiger partial charge on any atom is 0.344 e. The predicted octanol–water partition coefficient (Wildman–Crippen LogP) is 3.90. The molecule has 1 fully saturated rings. The zero-order chi connectivity index (χ0) is 21.8. The van der Waals surface area contributed by atoms with Crippen molar-refractivity contribution in [3.05, 3.63) is 59.0 Å². The van der Waals surface area contributed by atoms with Crippen LogP contribution in [0.2, 0.25) is 0 Å². The number of ether oxygens (including phenoxy) is 1. The first-order chi connectivity index (χ1) is 14.2. The van der Waals surface area contributed by atoms with Crippen LogP contribution < -0.4 is 15.0 Å². The fourth-order valence-corrected chi connectivity index (χ4v) is 3.97. The van der Waals surface area contributed by atoms with Gasteiger partial charge in [0.15, 0.2) is 10.4 Å². The first kappa shape index (κ1) is 21.5. The minimum absolute atomic E-state index is 0.180. The van der Waals surface area contributed by atoms with Crippen molar-refractivity contribution in [1.29, 1.82) is 0 Å². The topological polar surface area (TPSA) is 95.9 Å². The number of thioether (sulfide) groups is 1. The molecule has 2 aromatic rings. The van der Waals surface area contributed by atoms with E-state index in [1.165, 1.54) is 30.5 Å². The van der Waals surface area contributed by atoms with E-state index in [1.807, 2.05) is 0 Å². The molecular formula is C21H18N2O5S2. The summed E-state index contributed by atoms with van der Waals surface area (Å²) < 4.78 is 5.77. The summed E-state index contributed by atoms with van der Waals surface area (Å²) >= 11 is 6.55. The number of rotatable bonds is 6. The maximum absolute atomic E-state index is 12.9. The van der Waals surface area contributed by atoms with Gasteiger partial charge in [0.25, 0.3) is 5.91 Å². The average molecular weight is 443 g/mol. The van der Waals surface area contributed by atoms with Gasteiger partial charge >= 0.3 is 5.97 Å². The third kappa shape index (κ3) is 5.05. The van der Waals surface area contributed by atoms with Crippen molar-refractivity contribution in [2.45, 2.75) is 20.0 Å². The lowest BCUT2D eigenvalue weighted by atomic mass is 10.2. The van der Waals surface area contributed by atoms with Gasteiger partial charge in [-0.25, -0.2) is 4.79 Å². The average Bonchev–Trinajstić information content (AvgIpc) is 2.95. The Bertz CT molecular complexity index is 1050. The lowest BCUT2D eigenvalue weighted by Gasteiger charge is -2.15. The molecule has 2 aromatic carbocycles. The highest BCUT2D eigenvalue weighted by atomic mass is 32.2. The van der Waals surface area contributed by atoms with Crippen LogP contribution >= 0.6 is 24.0 Å². The zero-order valence-electron chi connectivity index (χ0n) is 16.1. The minimum atomic E-state index is -1.06. The summed E-state index contributed by atoms with van der Waals surface area (Å²) in [6, 6.07) is 13.6. The smallest absolute Gasteiger partial charge is 0.344 e. The zero-order valence-corrected chi connectivity index (χ0v) is 17.8. The summed E-state index contributed by atoms with van der Waals surface area (Å²) in [7, 11) is 0. The molecule has 0 spiro atoms. The van der Waals surface area contributed by atoms with Gasteiger partial charge in [-0.2, -0.15) is 0 Å². The van der Waals surface area contributed by atoms with E-state index in [1.54, 1.807) is 54.6 Å². The number of aliphatic carboxylic acids is 1. The van der Waals surface area contributed by atoms with Crippen LogP contribution in [0.25, 0.3) is 6.08 Å². The van der Waals surface area contributed by atoms with E-state index in [0.29, 0.717) is 31.9 Å². The van der Waals surface area contributed by atoms with E-state index >= 15 is 0 Å². The predicted molar refractivity (Wildman–Crippen MR) is 121 cm³/mol. The molecule has 1 aliphatic heterocycles. The van der Waals surface area contributed by atoms with Gasteiger partial charge in [0.2, 0.25) is 5.91 Å². The molecule has 2 amide bonds. The number of carboxylic acids is 1. The van der Waals surface area contributed by atoms with Crippen LogP contribution in [-0.2, 0) is 14.4 Å². The highest BCUT2D eigenvalue weighted by Crippen LogP contribution is 2.36. The highest BCUT2D eigenvalue weighted by Gasteiger charge is 2.33. The SMILES string of the molecule is CC(=O)Nc1ccc(N2C(=O)/C(=C\c3cccc(OC(C)C(=O)O)c3)SC2=S)cc1. The molecule has 1 aliphatic rings. The number of carbonyl (C=O) groups excluding carboxylic acids is 2. The van der Waals surface area contributed by atoms with Crippen LogP contribution in [0.3, 0.4) is 0 Å². The van der Waals surface area contributed by atoms with Crippen LogP contribution in [0.15, 0.2) is 53.4 Å². The number of nitrogens with zero attached hydrogens (tertiary/aromatic N) is 1. The van der Waals surface area contributed by atoms with Crippen molar-refractivity contribution in [1.82, 2.24) is 0 Å². The monoisotopic (exact) mass is 442 g/mol. The quantitative estimate of drug-likeness (QED) is 0.517. The number of hydrogen-bond acceptors (Lipinski definition) is 6. The Hall–Kier alpha value is -3.17. The number of anilines is 2. The molecule has 0 saturated carbocycles. The van der Waals surface area contributed by atoms with Gasteiger partial charge in [-0.15, -0.1) is 0 Å². The van der Waals surface area contributed by atoms with Crippen LogP contribution in [0.4, 0.5) is 11.4 Å². The summed E-state index contributed by atoms with van der Waals surface area (Å²) in [6.07, 6.45) is 0.697. The van der Waals surface area contributed by atoms with E-state index in [-0.39, 0.29) is 11.8 Å². The second-order valence-corrected chi connectivity index (χ2v) is 8.09. The molecule has 7 nitrogen and oxygen atoms in total. The Morgan fingerprint density at radius 1 is 1.23 bits per heavy atom. The molecule has 2 N–H and O–H groups in total. The summed E-state index contributed by atoms with van der Waals surface area (Å²) in [5.41, 5.74) is 1.91. The van der Waals surface area contributed by atoms with Crippen LogP contribution in [0.1, 0.15) is 19.4 Å². The van der Waals surface area contributed by atoms with E-state index in [2.05, 4.69) is 5.32 Å². The van der Waals surface area contributed by atoms with Gasteiger partial charge in [0.1, 0.15) is 5.75 Å². The molecule has 1 heterocycles. The first-order valence-electron chi connectivity index (χ1n) is 8.90. The molecule has 0 bridgehead atoms. The Morgan fingerprint density at radius 3 is 2.57 bits per heavy atom. The van der Waals surface area contributed by atoms with E-state index < -0.39 is 12.1 Å². The standard InChI is InChI=1S/C21H18N2O5S2/c1-12(20(26)27)28-17-5-3-4-14(10-17)11-18-19(25)23(21(29)30-18)16-8-6-15(7-9-16)22-13(2)24/h3-12H,1-2H3,(H,22,24)(H,26,27)/b18-11+. The molecular weight excluding hydrogens is 424 g/mol. The summed E-state index contributed by atoms with van der Waals surface area (Å²) in [4.78, 5) is 36.9. The Morgan fingerprint density at radius 2 is 1.93 bits per heavy atom. The van der Waals surface area contributed by atoms with Crippen molar-refractivity contribution >= 4 is 63.5 Å². The number of carbonyl (C=O) groups is 3. The van der Waals surface area contributed by atoms with Gasteiger partial charge in [0, 0.05) is 12.6 Å². The highest BCUT2D eigenvalue weighted by molar-refractivity contribution is 8.27. The largest absolute Gasteiger partial charge is 0.479 e. The molecule has 154 valence electrons. The fourth-order valence-electron chi connectivity index (χ4n) is 2.67. The lowest BCUT2D eigenvalue weighted by molar-refractivity contribution is -0.144. The molecule has 1 saturated heterocycles. The number of hydrogen-bond donors (Lipinski definition) is 2. The number of thiocarbonyl (C=S) groups is 1. The number of nitrogens with one attached hydrogen (secondary N) is 1. The van der Waals surface area contributed by atoms with Crippen LogP contribution in [0, 0.1) is 0 Å². The summed E-state index contributed by atoms with van der Waals surface area (Å²) in [5.74, 6) is -1.11. The Kier molecular flexibility index (Phi) is 6.53. The molecule has 9 heteroatoms. The van der Waals surface area contributed by atoms with Gasteiger partial charge in [-0.05, 0) is 55.0 Å². The number of benzene rings is 2. The third-order valence-electron chi connectivity index (χ3n) is 4.06. The van der Waals surface area contributed by atoms with Crippen molar-refractivity contribution in [3.63, 3.8) is 0 Å². The summed E-state index contributed by atoms with van der Waals surface area (Å²) in [5, 5.41) is 11.7. The molecule has 0 aliphatic carbocycles. The molecule has 30 heavy (non-hydrogen) atoms. The number of amides is 2. The molecule has 1 atom stereocenters. The van der Waals surface area contributed by atoms with E-state index in [4.69, 9.17) is 22.1 Å². The second kappa shape index (κ2) is 9.10. The van der Waals surface area contributed by atoms with Crippen molar-refractivity contribution in [3.8, 4) is 5.75 Å². The minimum Gasteiger partial charge on any atom is -0.479 e. The van der Waals surface area contributed by atoms with E-state index in [0.717, 1.165) is 0 Å². The van der Waals surface area contributed by atoms with Crippen LogP contribution in [-0.4, -0.2) is 33.3 Å². The first-order valence-corrected chi connectivity index (χ1v) is 10.1. The molecule has 1 unspecified atom stereocenters. The normalized spacial score (nSPS) is 15.9. The lowest BCUT2D eigenvalue weighted by Crippen LogP contribution is -2.27.